The van der Waals surface area contributed by atoms with Crippen LogP contribution in [-0.2, 0) is 0 Å². The summed E-state index contributed by atoms with van der Waals surface area (Å²) in [4.78, 5) is 3.34. The molecule has 1 N–H and O–H groups in total. The molecule has 0 aliphatic carbocycles. The second-order valence-corrected chi connectivity index (χ2v) is 4.91. The molecule has 3 aromatic rings. The Hall–Kier alpha value is -2.28. The van der Waals surface area contributed by atoms with Crippen molar-refractivity contribution >= 4 is 10.9 Å². The van der Waals surface area contributed by atoms with Crippen LogP contribution in [0.25, 0.3) is 10.9 Å². The maximum Gasteiger partial charge on any atom is 0.0457 e. The van der Waals surface area contributed by atoms with E-state index in [1.807, 2.05) is 6.08 Å². The highest BCUT2D eigenvalue weighted by atomic mass is 14.7. The summed E-state index contributed by atoms with van der Waals surface area (Å²) in [6, 6.07) is 17.1. The van der Waals surface area contributed by atoms with Crippen LogP contribution >= 0.6 is 0 Å². The van der Waals surface area contributed by atoms with Crippen LogP contribution in [0.2, 0.25) is 0 Å². The number of aryl methyl sites for hydroxylation is 1. The number of nitrogens with one attached hydrogen (secondary N) is 1. The minimum Gasteiger partial charge on any atom is -0.361 e. The summed E-state index contributed by atoms with van der Waals surface area (Å²) in [5, 5.41) is 1.27. The molecule has 0 aliphatic heterocycles. The number of fused-ring (bicyclic) bond motifs is 1. The zero-order chi connectivity index (χ0) is 13.2. The van der Waals surface area contributed by atoms with Gasteiger partial charge in [0.25, 0.3) is 0 Å². The number of allylic oxidation sites excluding steroid dienone is 1. The minimum atomic E-state index is 0.233. The zero-order valence-electron chi connectivity index (χ0n) is 11.1. The molecule has 3 rings (SSSR count). The molecule has 2 aromatic carbocycles. The SMILES string of the molecule is C=CC(c1ccc(C)cc1)c1c[nH]c2ccccc12. The lowest BCUT2D eigenvalue weighted by molar-refractivity contribution is 1.04. The molecule has 0 bridgehead atoms. The third-order valence-electron chi connectivity index (χ3n) is 3.63. The van der Waals surface area contributed by atoms with Crippen molar-refractivity contribution in [1.82, 2.24) is 4.98 Å². The van der Waals surface area contributed by atoms with Crippen molar-refractivity contribution in [2.45, 2.75) is 12.8 Å². The quantitative estimate of drug-likeness (QED) is 0.640. The number of para-hydroxylation sites is 1. The van der Waals surface area contributed by atoms with Crippen LogP contribution in [0.15, 0.2) is 67.4 Å². The number of aromatic nitrogens is 1. The molecule has 0 saturated heterocycles. The lowest BCUT2D eigenvalue weighted by atomic mass is 9.91. The van der Waals surface area contributed by atoms with Crippen molar-refractivity contribution in [3.05, 3.63) is 84.1 Å². The standard InChI is InChI=1S/C18H17N/c1-3-15(14-10-8-13(2)9-11-14)17-12-19-18-7-5-4-6-16(17)18/h3-12,15,19H,1H2,2H3. The monoisotopic (exact) mass is 247 g/mol. The summed E-state index contributed by atoms with van der Waals surface area (Å²) in [6.45, 7) is 6.12. The van der Waals surface area contributed by atoms with Crippen LogP contribution in [0, 0.1) is 6.92 Å². The Morgan fingerprint density at radius 1 is 1.05 bits per heavy atom. The van der Waals surface area contributed by atoms with E-state index in [2.05, 4.69) is 73.2 Å². The van der Waals surface area contributed by atoms with Crippen molar-refractivity contribution in [3.8, 4) is 0 Å². The van der Waals surface area contributed by atoms with E-state index in [4.69, 9.17) is 0 Å². The maximum atomic E-state index is 4.01. The molecule has 94 valence electrons. The third kappa shape index (κ3) is 2.08. The van der Waals surface area contributed by atoms with E-state index in [1.54, 1.807) is 0 Å². The molecule has 0 radical (unpaired) electrons. The second kappa shape index (κ2) is 4.77. The van der Waals surface area contributed by atoms with Gasteiger partial charge in [0, 0.05) is 23.0 Å². The average molecular weight is 247 g/mol. The number of hydrogen-bond donors (Lipinski definition) is 1. The van der Waals surface area contributed by atoms with Crippen molar-refractivity contribution in [1.29, 1.82) is 0 Å². The molecule has 0 amide bonds. The van der Waals surface area contributed by atoms with Crippen molar-refractivity contribution < 1.29 is 0 Å². The molecule has 1 nitrogen and oxygen atoms in total. The van der Waals surface area contributed by atoms with E-state index >= 15 is 0 Å². The van der Waals surface area contributed by atoms with Gasteiger partial charge in [-0.25, -0.2) is 0 Å². The molecule has 1 unspecified atom stereocenters. The third-order valence-corrected chi connectivity index (χ3v) is 3.63. The summed E-state index contributed by atoms with van der Waals surface area (Å²) in [5.74, 6) is 0.233. The molecule has 1 heteroatoms. The summed E-state index contributed by atoms with van der Waals surface area (Å²) in [5.41, 5.74) is 5.03. The first-order valence-electron chi connectivity index (χ1n) is 6.54. The fourth-order valence-electron chi connectivity index (χ4n) is 2.57. The van der Waals surface area contributed by atoms with E-state index in [0.29, 0.717) is 0 Å². The van der Waals surface area contributed by atoms with Gasteiger partial charge in [-0.15, -0.1) is 6.58 Å². The summed E-state index contributed by atoms with van der Waals surface area (Å²) >= 11 is 0. The van der Waals surface area contributed by atoms with E-state index in [0.717, 1.165) is 0 Å². The number of rotatable bonds is 3. The lowest BCUT2D eigenvalue weighted by Crippen LogP contribution is -1.96. The first-order valence-corrected chi connectivity index (χ1v) is 6.54. The zero-order valence-corrected chi connectivity index (χ0v) is 11.1. The summed E-state index contributed by atoms with van der Waals surface area (Å²) in [7, 11) is 0. The molecule has 0 fully saturated rings. The van der Waals surface area contributed by atoms with Gasteiger partial charge in [-0.3, -0.25) is 0 Å². The highest BCUT2D eigenvalue weighted by Gasteiger charge is 2.14. The predicted octanol–water partition coefficient (Wildman–Crippen LogP) is 4.79. The van der Waals surface area contributed by atoms with E-state index in [-0.39, 0.29) is 5.92 Å². The second-order valence-electron chi connectivity index (χ2n) is 4.91. The molecule has 0 aliphatic rings. The van der Waals surface area contributed by atoms with Crippen LogP contribution in [0.3, 0.4) is 0 Å². The largest absolute Gasteiger partial charge is 0.361 e. The van der Waals surface area contributed by atoms with Gasteiger partial charge in [-0.05, 0) is 24.1 Å². The van der Waals surface area contributed by atoms with Gasteiger partial charge in [0.15, 0.2) is 0 Å². The van der Waals surface area contributed by atoms with Gasteiger partial charge in [-0.1, -0.05) is 54.1 Å². The fraction of sp³-hybridized carbons (Fsp3) is 0.111. The number of H-pyrrole nitrogens is 1. The van der Waals surface area contributed by atoms with Gasteiger partial charge in [0.2, 0.25) is 0 Å². The van der Waals surface area contributed by atoms with Gasteiger partial charge in [-0.2, -0.15) is 0 Å². The number of benzene rings is 2. The van der Waals surface area contributed by atoms with Crippen molar-refractivity contribution in [3.63, 3.8) is 0 Å². The normalized spacial score (nSPS) is 12.5. The summed E-state index contributed by atoms with van der Waals surface area (Å²) < 4.78 is 0. The van der Waals surface area contributed by atoms with Crippen LogP contribution in [0.1, 0.15) is 22.6 Å². The Balaban J connectivity index is 2.12. The van der Waals surface area contributed by atoms with Crippen LogP contribution in [0.5, 0.6) is 0 Å². The predicted molar refractivity (Wildman–Crippen MR) is 81.5 cm³/mol. The Morgan fingerprint density at radius 2 is 1.79 bits per heavy atom. The molecular formula is C18H17N. The highest BCUT2D eigenvalue weighted by Crippen LogP contribution is 2.31. The molecule has 1 heterocycles. The van der Waals surface area contributed by atoms with Crippen LogP contribution in [0.4, 0.5) is 0 Å². The first kappa shape index (κ1) is 11.8. The molecule has 1 aromatic heterocycles. The molecular weight excluding hydrogens is 230 g/mol. The minimum absolute atomic E-state index is 0.233. The van der Waals surface area contributed by atoms with E-state index < -0.39 is 0 Å². The summed E-state index contributed by atoms with van der Waals surface area (Å²) in [6.07, 6.45) is 4.11. The van der Waals surface area contributed by atoms with E-state index in [1.165, 1.54) is 27.6 Å². The fourth-order valence-corrected chi connectivity index (χ4v) is 2.57. The Bertz CT molecular complexity index is 704. The number of aromatic amines is 1. The van der Waals surface area contributed by atoms with Gasteiger partial charge < -0.3 is 4.98 Å². The first-order chi connectivity index (χ1) is 9.29. The average Bonchev–Trinajstić information content (AvgIpc) is 2.86. The maximum absolute atomic E-state index is 4.01. The molecule has 1 atom stereocenters. The van der Waals surface area contributed by atoms with Gasteiger partial charge in [0.05, 0.1) is 0 Å². The Kier molecular flexibility index (Phi) is 2.96. The van der Waals surface area contributed by atoms with Crippen LogP contribution < -0.4 is 0 Å². The highest BCUT2D eigenvalue weighted by molar-refractivity contribution is 5.84. The topological polar surface area (TPSA) is 15.8 Å². The van der Waals surface area contributed by atoms with Crippen LogP contribution in [-0.4, -0.2) is 4.98 Å². The number of hydrogen-bond acceptors (Lipinski definition) is 0. The molecule has 19 heavy (non-hydrogen) atoms. The Morgan fingerprint density at radius 3 is 2.53 bits per heavy atom. The molecule has 0 spiro atoms. The lowest BCUT2D eigenvalue weighted by Gasteiger charge is -2.12. The van der Waals surface area contributed by atoms with Crippen molar-refractivity contribution in [2.24, 2.45) is 0 Å². The van der Waals surface area contributed by atoms with Crippen molar-refractivity contribution in [2.75, 3.05) is 0 Å². The van der Waals surface area contributed by atoms with Gasteiger partial charge >= 0.3 is 0 Å². The molecule has 0 saturated carbocycles. The van der Waals surface area contributed by atoms with Gasteiger partial charge in [0.1, 0.15) is 0 Å². The Labute approximate surface area is 113 Å². The van der Waals surface area contributed by atoms with E-state index in [9.17, 15) is 0 Å². The smallest absolute Gasteiger partial charge is 0.0457 e.